The SMILES string of the molecule is Cc1ccc(C(CC2CC2)=NCc2ccccc2)cc1F. The highest BCUT2D eigenvalue weighted by atomic mass is 19.1. The largest absolute Gasteiger partial charge is 0.284 e. The van der Waals surface area contributed by atoms with E-state index in [1.807, 2.05) is 30.3 Å². The Morgan fingerprint density at radius 2 is 1.90 bits per heavy atom. The fourth-order valence-electron chi connectivity index (χ4n) is 2.41. The van der Waals surface area contributed by atoms with Crippen LogP contribution in [0, 0.1) is 18.7 Å². The maximum absolute atomic E-state index is 13.8. The van der Waals surface area contributed by atoms with Crippen LogP contribution in [0.4, 0.5) is 4.39 Å². The number of aliphatic imine (C=N–C) groups is 1. The van der Waals surface area contributed by atoms with E-state index in [-0.39, 0.29) is 5.82 Å². The van der Waals surface area contributed by atoms with Gasteiger partial charge in [-0.1, -0.05) is 42.5 Å². The fraction of sp³-hybridized carbons (Fsp3) is 0.316. The highest BCUT2D eigenvalue weighted by molar-refractivity contribution is 6.00. The zero-order valence-electron chi connectivity index (χ0n) is 12.3. The lowest BCUT2D eigenvalue weighted by Crippen LogP contribution is -2.04. The molecule has 0 atom stereocenters. The van der Waals surface area contributed by atoms with Gasteiger partial charge in [0.1, 0.15) is 5.82 Å². The van der Waals surface area contributed by atoms with Gasteiger partial charge < -0.3 is 0 Å². The maximum atomic E-state index is 13.8. The summed E-state index contributed by atoms with van der Waals surface area (Å²) in [5.41, 5.74) is 3.85. The molecule has 0 spiro atoms. The zero-order chi connectivity index (χ0) is 14.7. The molecule has 3 rings (SSSR count). The van der Waals surface area contributed by atoms with Gasteiger partial charge in [0.05, 0.1) is 6.54 Å². The van der Waals surface area contributed by atoms with E-state index < -0.39 is 0 Å². The van der Waals surface area contributed by atoms with E-state index in [0.717, 1.165) is 23.6 Å². The Balaban J connectivity index is 1.84. The Kier molecular flexibility index (Phi) is 4.14. The van der Waals surface area contributed by atoms with Crippen LogP contribution in [-0.2, 0) is 6.54 Å². The van der Waals surface area contributed by atoms with Gasteiger partial charge in [-0.25, -0.2) is 4.39 Å². The smallest absolute Gasteiger partial charge is 0.126 e. The number of rotatable bonds is 5. The van der Waals surface area contributed by atoms with Crippen LogP contribution in [0.3, 0.4) is 0 Å². The Morgan fingerprint density at radius 1 is 1.14 bits per heavy atom. The van der Waals surface area contributed by atoms with Gasteiger partial charge in [-0.05, 0) is 54.9 Å². The average Bonchev–Trinajstić information content (AvgIpc) is 3.31. The summed E-state index contributed by atoms with van der Waals surface area (Å²) in [6, 6.07) is 15.7. The molecular weight excluding hydrogens is 261 g/mol. The lowest BCUT2D eigenvalue weighted by atomic mass is 10.0. The van der Waals surface area contributed by atoms with Gasteiger partial charge in [-0.3, -0.25) is 4.99 Å². The lowest BCUT2D eigenvalue weighted by Gasteiger charge is -2.08. The highest BCUT2D eigenvalue weighted by Gasteiger charge is 2.24. The number of hydrogen-bond acceptors (Lipinski definition) is 1. The van der Waals surface area contributed by atoms with Gasteiger partial charge in [-0.2, -0.15) is 0 Å². The molecule has 0 aliphatic heterocycles. The van der Waals surface area contributed by atoms with E-state index in [9.17, 15) is 4.39 Å². The van der Waals surface area contributed by atoms with Crippen molar-refractivity contribution < 1.29 is 4.39 Å². The first-order chi connectivity index (χ1) is 10.2. The molecule has 0 N–H and O–H groups in total. The van der Waals surface area contributed by atoms with E-state index in [1.165, 1.54) is 18.4 Å². The van der Waals surface area contributed by atoms with E-state index in [1.54, 1.807) is 13.0 Å². The molecule has 2 aromatic rings. The standard InChI is InChI=1S/C19H20FN/c1-14-7-10-17(12-18(14)20)19(11-15-8-9-15)21-13-16-5-3-2-4-6-16/h2-7,10,12,15H,8-9,11,13H2,1H3. The number of benzene rings is 2. The van der Waals surface area contributed by atoms with Crippen molar-refractivity contribution in [2.75, 3.05) is 0 Å². The van der Waals surface area contributed by atoms with E-state index in [0.29, 0.717) is 12.1 Å². The maximum Gasteiger partial charge on any atom is 0.126 e. The van der Waals surface area contributed by atoms with Crippen molar-refractivity contribution in [2.45, 2.75) is 32.7 Å². The van der Waals surface area contributed by atoms with Crippen LogP contribution in [0.25, 0.3) is 0 Å². The molecule has 0 bridgehead atoms. The van der Waals surface area contributed by atoms with Crippen molar-refractivity contribution in [3.63, 3.8) is 0 Å². The van der Waals surface area contributed by atoms with Crippen LogP contribution in [0.15, 0.2) is 53.5 Å². The summed E-state index contributed by atoms with van der Waals surface area (Å²) >= 11 is 0. The second-order valence-corrected chi connectivity index (χ2v) is 5.86. The first-order valence-electron chi connectivity index (χ1n) is 7.56. The van der Waals surface area contributed by atoms with Crippen LogP contribution in [0.2, 0.25) is 0 Å². The lowest BCUT2D eigenvalue weighted by molar-refractivity contribution is 0.618. The van der Waals surface area contributed by atoms with E-state index >= 15 is 0 Å². The summed E-state index contributed by atoms with van der Waals surface area (Å²) in [7, 11) is 0. The third-order valence-corrected chi connectivity index (χ3v) is 3.98. The Hall–Kier alpha value is -1.96. The van der Waals surface area contributed by atoms with Crippen molar-refractivity contribution in [1.29, 1.82) is 0 Å². The van der Waals surface area contributed by atoms with Gasteiger partial charge in [-0.15, -0.1) is 0 Å². The summed E-state index contributed by atoms with van der Waals surface area (Å²) in [6.45, 7) is 2.46. The summed E-state index contributed by atoms with van der Waals surface area (Å²) in [4.78, 5) is 4.77. The molecule has 0 amide bonds. The first-order valence-corrected chi connectivity index (χ1v) is 7.56. The molecule has 0 radical (unpaired) electrons. The van der Waals surface area contributed by atoms with Crippen molar-refractivity contribution in [3.8, 4) is 0 Å². The molecule has 1 fully saturated rings. The molecule has 0 saturated heterocycles. The van der Waals surface area contributed by atoms with Crippen molar-refractivity contribution in [3.05, 3.63) is 71.0 Å². The van der Waals surface area contributed by atoms with Gasteiger partial charge in [0.2, 0.25) is 0 Å². The van der Waals surface area contributed by atoms with Gasteiger partial charge >= 0.3 is 0 Å². The summed E-state index contributed by atoms with van der Waals surface area (Å²) in [5, 5.41) is 0. The Bertz CT molecular complexity index is 642. The minimum absolute atomic E-state index is 0.143. The average molecular weight is 281 g/mol. The number of hydrogen-bond donors (Lipinski definition) is 0. The first kappa shape index (κ1) is 14.0. The van der Waals surface area contributed by atoms with E-state index in [4.69, 9.17) is 4.99 Å². The Labute approximate surface area is 125 Å². The van der Waals surface area contributed by atoms with Crippen LogP contribution in [0.5, 0.6) is 0 Å². The second-order valence-electron chi connectivity index (χ2n) is 5.86. The number of nitrogens with zero attached hydrogens (tertiary/aromatic N) is 1. The summed E-state index contributed by atoms with van der Waals surface area (Å²) in [5.74, 6) is 0.597. The molecule has 2 heteroatoms. The molecule has 2 aromatic carbocycles. The molecule has 108 valence electrons. The third-order valence-electron chi connectivity index (χ3n) is 3.98. The predicted molar refractivity (Wildman–Crippen MR) is 85.2 cm³/mol. The topological polar surface area (TPSA) is 12.4 Å². The molecule has 1 saturated carbocycles. The third kappa shape index (κ3) is 3.78. The van der Waals surface area contributed by atoms with Gasteiger partial charge in [0.15, 0.2) is 0 Å². The van der Waals surface area contributed by atoms with Gasteiger partial charge in [0.25, 0.3) is 0 Å². The normalized spacial score (nSPS) is 15.2. The molecule has 1 aliphatic carbocycles. The molecule has 0 unspecified atom stereocenters. The minimum atomic E-state index is -0.143. The summed E-state index contributed by atoms with van der Waals surface area (Å²) in [6.07, 6.45) is 3.52. The fourth-order valence-corrected chi connectivity index (χ4v) is 2.41. The van der Waals surface area contributed by atoms with Crippen molar-refractivity contribution >= 4 is 5.71 Å². The van der Waals surface area contributed by atoms with E-state index in [2.05, 4.69) is 12.1 Å². The monoisotopic (exact) mass is 281 g/mol. The second kappa shape index (κ2) is 6.21. The van der Waals surface area contributed by atoms with Crippen molar-refractivity contribution in [1.82, 2.24) is 0 Å². The zero-order valence-corrected chi connectivity index (χ0v) is 12.3. The molecule has 21 heavy (non-hydrogen) atoms. The van der Waals surface area contributed by atoms with Crippen LogP contribution < -0.4 is 0 Å². The van der Waals surface area contributed by atoms with Crippen LogP contribution in [0.1, 0.15) is 36.0 Å². The minimum Gasteiger partial charge on any atom is -0.284 e. The highest BCUT2D eigenvalue weighted by Crippen LogP contribution is 2.34. The summed E-state index contributed by atoms with van der Waals surface area (Å²) < 4.78 is 13.8. The molecule has 1 aliphatic rings. The number of aryl methyl sites for hydroxylation is 1. The Morgan fingerprint density at radius 3 is 2.57 bits per heavy atom. The molecule has 0 aromatic heterocycles. The van der Waals surface area contributed by atoms with Crippen molar-refractivity contribution in [2.24, 2.45) is 10.9 Å². The predicted octanol–water partition coefficient (Wildman–Crippen LogP) is 4.92. The number of halogens is 1. The van der Waals surface area contributed by atoms with Gasteiger partial charge in [0, 0.05) is 5.71 Å². The quantitative estimate of drug-likeness (QED) is 0.689. The molecule has 0 heterocycles. The molecule has 1 nitrogen and oxygen atoms in total. The molecular formula is C19H20FN. The van der Waals surface area contributed by atoms with Crippen LogP contribution in [-0.4, -0.2) is 5.71 Å². The van der Waals surface area contributed by atoms with Crippen LogP contribution >= 0.6 is 0 Å².